The van der Waals surface area contributed by atoms with E-state index in [1.165, 1.54) is 0 Å². The number of unbranched alkanes of at least 4 members (excludes halogenated alkanes) is 5. The van der Waals surface area contributed by atoms with E-state index in [1.807, 2.05) is 0 Å². The minimum Gasteiger partial charge on any atom is -0.466 e. The van der Waals surface area contributed by atoms with Crippen LogP contribution in [0.1, 0.15) is 58.3 Å². The van der Waals surface area contributed by atoms with Crippen LogP contribution in [0.15, 0.2) is 0 Å². The maximum atomic E-state index is 12.0. The van der Waals surface area contributed by atoms with Crippen molar-refractivity contribution in [3.63, 3.8) is 0 Å². The third-order valence-corrected chi connectivity index (χ3v) is 3.92. The molecule has 0 aromatic carbocycles. The number of halogens is 3. The van der Waals surface area contributed by atoms with Gasteiger partial charge in [-0.2, -0.15) is 13.2 Å². The molecule has 0 radical (unpaired) electrons. The van der Waals surface area contributed by atoms with Gasteiger partial charge in [0.25, 0.3) is 0 Å². The van der Waals surface area contributed by atoms with Crippen LogP contribution in [0.4, 0.5) is 13.2 Å². The van der Waals surface area contributed by atoms with Crippen LogP contribution in [0.5, 0.6) is 0 Å². The lowest BCUT2D eigenvalue weighted by Gasteiger charge is -2.14. The maximum absolute atomic E-state index is 12.0. The molecule has 0 aliphatic rings. The highest BCUT2D eigenvalue weighted by Crippen LogP contribution is 2.22. The highest BCUT2D eigenvalue weighted by Gasteiger charge is 2.30. The zero-order valence-electron chi connectivity index (χ0n) is 14.6. The molecule has 1 unspecified atom stereocenters. The topological polar surface area (TPSA) is 91.3 Å². The minimum atomic E-state index is -4.47. The molecule has 0 rings (SSSR count). The summed E-state index contributed by atoms with van der Waals surface area (Å²) in [5, 5.41) is 10.1. The van der Waals surface area contributed by atoms with Gasteiger partial charge in [-0.3, -0.25) is 9.59 Å². The van der Waals surface area contributed by atoms with Crippen molar-refractivity contribution < 1.29 is 46.9 Å². The fourth-order valence-electron chi connectivity index (χ4n) is 1.86. The van der Waals surface area contributed by atoms with Gasteiger partial charge in [0.15, 0.2) is 0 Å². The van der Waals surface area contributed by atoms with Crippen LogP contribution >= 0.6 is 12.0 Å². The van der Waals surface area contributed by atoms with Gasteiger partial charge in [0.2, 0.25) is 0 Å². The van der Waals surface area contributed by atoms with Crippen LogP contribution in [-0.2, 0) is 28.4 Å². The molecule has 26 heavy (non-hydrogen) atoms. The first kappa shape index (κ1) is 25.0. The number of carbonyl (C=O) groups is 2. The number of carbonyl (C=O) groups excluding carboxylic acids is 2. The zero-order chi connectivity index (χ0) is 19.8. The Morgan fingerprint density at radius 3 is 2.31 bits per heavy atom. The van der Waals surface area contributed by atoms with E-state index in [0.717, 1.165) is 32.1 Å². The van der Waals surface area contributed by atoms with Crippen molar-refractivity contribution in [2.75, 3.05) is 13.2 Å². The van der Waals surface area contributed by atoms with Gasteiger partial charge >= 0.3 is 18.1 Å². The van der Waals surface area contributed by atoms with Gasteiger partial charge in [0.05, 0.1) is 38.1 Å². The van der Waals surface area contributed by atoms with Gasteiger partial charge < -0.3 is 9.47 Å². The summed E-state index contributed by atoms with van der Waals surface area (Å²) in [4.78, 5) is 23.4. The van der Waals surface area contributed by atoms with E-state index >= 15 is 0 Å². The average molecular weight is 406 g/mol. The summed E-state index contributed by atoms with van der Waals surface area (Å²) in [5.41, 5.74) is 0. The van der Waals surface area contributed by atoms with Crippen LogP contribution in [0.3, 0.4) is 0 Å². The molecule has 0 aliphatic carbocycles. The van der Waals surface area contributed by atoms with Crippen molar-refractivity contribution >= 4 is 24.0 Å². The van der Waals surface area contributed by atoms with Crippen LogP contribution in [0.2, 0.25) is 0 Å². The molecule has 0 saturated carbocycles. The standard InChI is InChI=1S/C15H25F3O7S/c1-2-3-4-5-6-7-9-22-13(19)11-12(26-25-24-21)14(20)23-10-8-15(16,17)18/h12,21H,2-11H2,1H3. The molecule has 0 aliphatic heterocycles. The predicted molar refractivity (Wildman–Crippen MR) is 86.8 cm³/mol. The van der Waals surface area contributed by atoms with E-state index in [1.54, 1.807) is 0 Å². The molecule has 11 heteroatoms. The largest absolute Gasteiger partial charge is 0.466 e. The SMILES string of the molecule is CCCCCCCCOC(=O)CC(SOOO)C(=O)OCCC(F)(F)F. The molecule has 1 atom stereocenters. The van der Waals surface area contributed by atoms with E-state index in [9.17, 15) is 22.8 Å². The van der Waals surface area contributed by atoms with Gasteiger partial charge in [0, 0.05) is 0 Å². The summed E-state index contributed by atoms with van der Waals surface area (Å²) < 4.78 is 49.6. The monoisotopic (exact) mass is 406 g/mol. The van der Waals surface area contributed by atoms with Crippen LogP contribution in [-0.4, -0.2) is 41.8 Å². The van der Waals surface area contributed by atoms with Gasteiger partial charge in [0.1, 0.15) is 5.25 Å². The summed E-state index contributed by atoms with van der Waals surface area (Å²) >= 11 is 0.240. The number of hydrogen-bond acceptors (Lipinski definition) is 8. The highest BCUT2D eigenvalue weighted by atomic mass is 32.2. The number of rotatable bonds is 15. The summed E-state index contributed by atoms with van der Waals surface area (Å²) in [6, 6.07) is 0. The first-order valence-electron chi connectivity index (χ1n) is 8.32. The van der Waals surface area contributed by atoms with E-state index < -0.39 is 42.8 Å². The summed E-state index contributed by atoms with van der Waals surface area (Å²) in [5.74, 6) is -1.84. The summed E-state index contributed by atoms with van der Waals surface area (Å²) in [6.07, 6.45) is -0.238. The Bertz CT molecular complexity index is 394. The second-order valence-corrected chi connectivity index (χ2v) is 6.35. The van der Waals surface area contributed by atoms with E-state index in [0.29, 0.717) is 6.42 Å². The lowest BCUT2D eigenvalue weighted by Crippen LogP contribution is -2.26. The average Bonchev–Trinajstić information content (AvgIpc) is 2.56. The number of alkyl halides is 3. The Labute approximate surface area is 154 Å². The molecule has 7 nitrogen and oxygen atoms in total. The number of hydrogen-bond donors (Lipinski definition) is 1. The first-order chi connectivity index (χ1) is 12.3. The Morgan fingerprint density at radius 1 is 1.04 bits per heavy atom. The second-order valence-electron chi connectivity index (χ2n) is 5.45. The molecule has 154 valence electrons. The first-order valence-corrected chi connectivity index (χ1v) is 9.13. The van der Waals surface area contributed by atoms with Crippen molar-refractivity contribution in [2.24, 2.45) is 0 Å². The Hall–Kier alpha value is -1.04. The molecule has 0 aromatic heterocycles. The Kier molecular flexibility index (Phi) is 14.5. The summed E-state index contributed by atoms with van der Waals surface area (Å²) in [6.45, 7) is 1.41. The van der Waals surface area contributed by atoms with Crippen LogP contribution in [0, 0.1) is 0 Å². The van der Waals surface area contributed by atoms with E-state index in [2.05, 4.69) is 21.0 Å². The molecule has 0 aromatic rings. The van der Waals surface area contributed by atoms with Gasteiger partial charge in [-0.25, -0.2) is 5.26 Å². The van der Waals surface area contributed by atoms with E-state index in [-0.39, 0.29) is 18.6 Å². The molecule has 0 amide bonds. The van der Waals surface area contributed by atoms with Crippen molar-refractivity contribution in [1.82, 2.24) is 0 Å². The van der Waals surface area contributed by atoms with Gasteiger partial charge in [-0.05, 0) is 6.42 Å². The van der Waals surface area contributed by atoms with Gasteiger partial charge in [-0.15, -0.1) is 4.33 Å². The maximum Gasteiger partial charge on any atom is 0.392 e. The lowest BCUT2D eigenvalue weighted by atomic mass is 10.1. The Morgan fingerprint density at radius 2 is 1.69 bits per heavy atom. The second kappa shape index (κ2) is 15.1. The molecule has 0 spiro atoms. The minimum absolute atomic E-state index is 0.183. The third-order valence-electron chi connectivity index (χ3n) is 3.19. The summed E-state index contributed by atoms with van der Waals surface area (Å²) in [7, 11) is 0. The molecule has 0 bridgehead atoms. The molecule has 0 heterocycles. The third kappa shape index (κ3) is 15.2. The number of ether oxygens (including phenoxy) is 2. The normalized spacial score (nSPS) is 12.7. The van der Waals surface area contributed by atoms with Crippen LogP contribution in [0.25, 0.3) is 0 Å². The molecular weight excluding hydrogens is 381 g/mol. The van der Waals surface area contributed by atoms with E-state index in [4.69, 9.17) is 9.99 Å². The highest BCUT2D eigenvalue weighted by molar-refractivity contribution is 7.95. The smallest absolute Gasteiger partial charge is 0.392 e. The molecule has 0 saturated heterocycles. The quantitative estimate of drug-likeness (QED) is 0.142. The van der Waals surface area contributed by atoms with Crippen molar-refractivity contribution in [3.05, 3.63) is 0 Å². The van der Waals surface area contributed by atoms with Crippen molar-refractivity contribution in [1.29, 1.82) is 0 Å². The van der Waals surface area contributed by atoms with Crippen molar-refractivity contribution in [3.8, 4) is 0 Å². The fraction of sp³-hybridized carbons (Fsp3) is 0.867. The fourth-order valence-corrected chi connectivity index (χ4v) is 2.34. The van der Waals surface area contributed by atoms with Crippen LogP contribution < -0.4 is 0 Å². The predicted octanol–water partition coefficient (Wildman–Crippen LogP) is 4.21. The molecule has 0 fully saturated rings. The van der Waals surface area contributed by atoms with Gasteiger partial charge in [-0.1, -0.05) is 44.1 Å². The zero-order valence-corrected chi connectivity index (χ0v) is 15.4. The van der Waals surface area contributed by atoms with Crippen molar-refractivity contribution in [2.45, 2.75) is 69.7 Å². The number of esters is 2. The molecular formula is C15H25F3O7S. The Balaban J connectivity index is 4.13. The molecule has 1 N–H and O–H groups in total. The lowest BCUT2D eigenvalue weighted by molar-refractivity contribution is -0.432.